The van der Waals surface area contributed by atoms with Crippen LogP contribution in [0.3, 0.4) is 0 Å². The van der Waals surface area contributed by atoms with Crippen molar-refractivity contribution in [1.29, 1.82) is 0 Å². The van der Waals surface area contributed by atoms with Crippen molar-refractivity contribution in [2.24, 2.45) is 0 Å². The van der Waals surface area contributed by atoms with Gasteiger partial charge in [0.05, 0.1) is 12.5 Å². The van der Waals surface area contributed by atoms with Gasteiger partial charge in [0, 0.05) is 6.42 Å². The first kappa shape index (κ1) is 7.85. The second-order valence-corrected chi connectivity index (χ2v) is 2.47. The van der Waals surface area contributed by atoms with Crippen molar-refractivity contribution >= 4 is 5.97 Å². The molecule has 0 fully saturated rings. The second kappa shape index (κ2) is 3.23. The van der Waals surface area contributed by atoms with Gasteiger partial charge in [-0.15, -0.1) is 0 Å². The number of furan rings is 1. The Morgan fingerprint density at radius 2 is 2.36 bits per heavy atom. The summed E-state index contributed by atoms with van der Waals surface area (Å²) in [4.78, 5) is 10.2. The molecule has 1 rings (SSSR count). The molecule has 0 radical (unpaired) electrons. The maximum Gasteiger partial charge on any atom is 0.303 e. The van der Waals surface area contributed by atoms with E-state index in [2.05, 4.69) is 0 Å². The van der Waals surface area contributed by atoms with Crippen LogP contribution in [0.1, 0.15) is 17.5 Å². The molecule has 1 aromatic heterocycles. The molecule has 60 valence electrons. The van der Waals surface area contributed by atoms with Crippen molar-refractivity contribution < 1.29 is 14.3 Å². The molecule has 0 unspecified atom stereocenters. The van der Waals surface area contributed by atoms with Crippen LogP contribution in [0.4, 0.5) is 0 Å². The Hall–Kier alpha value is -1.25. The Kier molecular flexibility index (Phi) is 2.31. The molecule has 0 aliphatic rings. The second-order valence-electron chi connectivity index (χ2n) is 2.47. The predicted octanol–water partition coefficient (Wildman–Crippen LogP) is 1.61. The topological polar surface area (TPSA) is 50.4 Å². The van der Waals surface area contributed by atoms with Crippen molar-refractivity contribution in [2.75, 3.05) is 0 Å². The number of aryl methyl sites for hydroxylation is 2. The molecule has 0 saturated heterocycles. The molecule has 0 spiro atoms. The first-order chi connectivity index (χ1) is 5.20. The van der Waals surface area contributed by atoms with Gasteiger partial charge in [0.1, 0.15) is 0 Å². The average Bonchev–Trinajstić information content (AvgIpc) is 2.31. The number of aliphatic carboxylic acids is 1. The number of carbonyl (C=O) groups is 1. The summed E-state index contributed by atoms with van der Waals surface area (Å²) in [6, 6.07) is 0. The number of rotatable bonds is 3. The Morgan fingerprint density at radius 3 is 2.82 bits per heavy atom. The monoisotopic (exact) mass is 154 g/mol. The van der Waals surface area contributed by atoms with Crippen LogP contribution in [-0.4, -0.2) is 11.1 Å². The quantitative estimate of drug-likeness (QED) is 0.719. The van der Waals surface area contributed by atoms with Gasteiger partial charge in [0.15, 0.2) is 0 Å². The molecule has 0 amide bonds. The fraction of sp³-hybridized carbons (Fsp3) is 0.375. The third kappa shape index (κ3) is 2.11. The zero-order valence-electron chi connectivity index (χ0n) is 6.33. The molecule has 0 aliphatic heterocycles. The molecule has 1 N–H and O–H groups in total. The zero-order valence-corrected chi connectivity index (χ0v) is 6.33. The van der Waals surface area contributed by atoms with Crippen LogP contribution in [-0.2, 0) is 11.2 Å². The molecule has 11 heavy (non-hydrogen) atoms. The van der Waals surface area contributed by atoms with Crippen LogP contribution >= 0.6 is 0 Å². The molecule has 0 atom stereocenters. The van der Waals surface area contributed by atoms with Crippen LogP contribution in [0.5, 0.6) is 0 Å². The Labute approximate surface area is 64.6 Å². The van der Waals surface area contributed by atoms with Crippen molar-refractivity contribution in [1.82, 2.24) is 0 Å². The fourth-order valence-electron chi connectivity index (χ4n) is 0.885. The number of carboxylic acids is 1. The summed E-state index contributed by atoms with van der Waals surface area (Å²) in [6.45, 7) is 1.90. The minimum absolute atomic E-state index is 0.167. The van der Waals surface area contributed by atoms with Gasteiger partial charge >= 0.3 is 5.97 Å². The van der Waals surface area contributed by atoms with E-state index in [0.29, 0.717) is 6.42 Å². The summed E-state index contributed by atoms with van der Waals surface area (Å²) < 4.78 is 4.88. The molecule has 0 aromatic carbocycles. The van der Waals surface area contributed by atoms with E-state index in [0.717, 1.165) is 11.1 Å². The van der Waals surface area contributed by atoms with Gasteiger partial charge in [-0.25, -0.2) is 0 Å². The zero-order chi connectivity index (χ0) is 8.27. The number of hydrogen-bond acceptors (Lipinski definition) is 2. The molecule has 3 nitrogen and oxygen atoms in total. The van der Waals surface area contributed by atoms with E-state index in [-0.39, 0.29) is 6.42 Å². The van der Waals surface area contributed by atoms with Crippen LogP contribution in [0, 0.1) is 6.92 Å². The molecule has 1 heterocycles. The third-order valence-corrected chi connectivity index (χ3v) is 1.57. The highest BCUT2D eigenvalue weighted by atomic mass is 16.4. The van der Waals surface area contributed by atoms with Gasteiger partial charge in [-0.05, 0) is 24.5 Å². The number of hydrogen-bond donors (Lipinski definition) is 1. The fourth-order valence-corrected chi connectivity index (χ4v) is 0.885. The van der Waals surface area contributed by atoms with E-state index < -0.39 is 5.97 Å². The van der Waals surface area contributed by atoms with E-state index in [1.807, 2.05) is 6.92 Å². The highest BCUT2D eigenvalue weighted by Crippen LogP contribution is 2.10. The van der Waals surface area contributed by atoms with E-state index in [1.54, 1.807) is 12.5 Å². The van der Waals surface area contributed by atoms with Crippen LogP contribution in [0.15, 0.2) is 16.9 Å². The third-order valence-electron chi connectivity index (χ3n) is 1.57. The van der Waals surface area contributed by atoms with E-state index in [9.17, 15) is 4.79 Å². The first-order valence-electron chi connectivity index (χ1n) is 3.43. The van der Waals surface area contributed by atoms with Gasteiger partial charge < -0.3 is 9.52 Å². The van der Waals surface area contributed by atoms with E-state index in [1.165, 1.54) is 0 Å². The van der Waals surface area contributed by atoms with Gasteiger partial charge in [0.2, 0.25) is 0 Å². The molecule has 0 aliphatic carbocycles. The van der Waals surface area contributed by atoms with Crippen LogP contribution < -0.4 is 0 Å². The maximum absolute atomic E-state index is 10.2. The predicted molar refractivity (Wildman–Crippen MR) is 39.4 cm³/mol. The maximum atomic E-state index is 10.2. The van der Waals surface area contributed by atoms with Crippen molar-refractivity contribution in [3.05, 3.63) is 23.7 Å². The molecule has 0 saturated carbocycles. The average molecular weight is 154 g/mol. The minimum Gasteiger partial charge on any atom is -0.481 e. The summed E-state index contributed by atoms with van der Waals surface area (Å²) in [7, 11) is 0. The van der Waals surface area contributed by atoms with Gasteiger partial charge in [0.25, 0.3) is 0 Å². The normalized spacial score (nSPS) is 9.91. The lowest BCUT2D eigenvalue weighted by Crippen LogP contribution is -1.97. The Morgan fingerprint density at radius 1 is 1.64 bits per heavy atom. The molecule has 0 bridgehead atoms. The summed E-state index contributed by atoms with van der Waals surface area (Å²) in [5.74, 6) is -0.773. The van der Waals surface area contributed by atoms with Gasteiger partial charge in [-0.3, -0.25) is 4.79 Å². The summed E-state index contributed by atoms with van der Waals surface area (Å²) in [5.41, 5.74) is 2.00. The molecule has 3 heteroatoms. The summed E-state index contributed by atoms with van der Waals surface area (Å²) in [6.07, 6.45) is 3.94. The SMILES string of the molecule is Cc1cocc1CCC(=O)O. The standard InChI is InChI=1S/C8H10O3/c1-6-4-11-5-7(6)2-3-8(9)10/h4-5H,2-3H2,1H3,(H,9,10). The van der Waals surface area contributed by atoms with Gasteiger partial charge in [-0.2, -0.15) is 0 Å². The molecular formula is C8H10O3. The lowest BCUT2D eigenvalue weighted by molar-refractivity contribution is -0.136. The lowest BCUT2D eigenvalue weighted by Gasteiger charge is -1.92. The van der Waals surface area contributed by atoms with Crippen LogP contribution in [0.25, 0.3) is 0 Å². The van der Waals surface area contributed by atoms with E-state index >= 15 is 0 Å². The minimum atomic E-state index is -0.773. The molecule has 1 aromatic rings. The largest absolute Gasteiger partial charge is 0.481 e. The Balaban J connectivity index is 2.51. The van der Waals surface area contributed by atoms with Crippen molar-refractivity contribution in [2.45, 2.75) is 19.8 Å². The first-order valence-corrected chi connectivity index (χ1v) is 3.43. The van der Waals surface area contributed by atoms with Gasteiger partial charge in [-0.1, -0.05) is 0 Å². The molecular weight excluding hydrogens is 144 g/mol. The van der Waals surface area contributed by atoms with Crippen molar-refractivity contribution in [3.8, 4) is 0 Å². The lowest BCUT2D eigenvalue weighted by atomic mass is 10.1. The van der Waals surface area contributed by atoms with Crippen LogP contribution in [0.2, 0.25) is 0 Å². The Bertz CT molecular complexity index is 250. The highest BCUT2D eigenvalue weighted by molar-refractivity contribution is 5.67. The smallest absolute Gasteiger partial charge is 0.303 e. The summed E-state index contributed by atoms with van der Waals surface area (Å²) in [5, 5.41) is 8.37. The van der Waals surface area contributed by atoms with Crippen molar-refractivity contribution in [3.63, 3.8) is 0 Å². The van der Waals surface area contributed by atoms with E-state index in [4.69, 9.17) is 9.52 Å². The highest BCUT2D eigenvalue weighted by Gasteiger charge is 2.02. The summed E-state index contributed by atoms with van der Waals surface area (Å²) >= 11 is 0. The number of carboxylic acid groups (broad SMARTS) is 1.